The van der Waals surface area contributed by atoms with Gasteiger partial charge in [0.2, 0.25) is 5.91 Å². The third kappa shape index (κ3) is 3.91. The van der Waals surface area contributed by atoms with Gasteiger partial charge >= 0.3 is 11.9 Å². The van der Waals surface area contributed by atoms with Gasteiger partial charge in [0.05, 0.1) is 12.7 Å². The molecule has 0 fully saturated rings. The van der Waals surface area contributed by atoms with Crippen LogP contribution in [-0.4, -0.2) is 42.7 Å². The number of hydrogen-bond acceptors (Lipinski definition) is 6. The SMILES string of the molecule is COC(=O)c1cc(F)ccc1COC(=O)C1=NN(C)C(=O)CC1. The van der Waals surface area contributed by atoms with Gasteiger partial charge in [0.25, 0.3) is 0 Å². The Bertz CT molecular complexity index is 686. The number of amides is 1. The van der Waals surface area contributed by atoms with Gasteiger partial charge in [-0.3, -0.25) is 4.79 Å². The van der Waals surface area contributed by atoms with Crippen LogP contribution in [0.5, 0.6) is 0 Å². The topological polar surface area (TPSA) is 85.3 Å². The summed E-state index contributed by atoms with van der Waals surface area (Å²) < 4.78 is 22.9. The molecule has 2 rings (SSSR count). The van der Waals surface area contributed by atoms with Crippen molar-refractivity contribution < 1.29 is 28.2 Å². The second-order valence-corrected chi connectivity index (χ2v) is 4.83. The number of hydrogen-bond donors (Lipinski definition) is 0. The Morgan fingerprint density at radius 2 is 2.04 bits per heavy atom. The van der Waals surface area contributed by atoms with Gasteiger partial charge < -0.3 is 9.47 Å². The monoisotopic (exact) mass is 322 g/mol. The molecule has 0 saturated carbocycles. The molecule has 8 heteroatoms. The lowest BCUT2D eigenvalue weighted by atomic mass is 10.1. The average Bonchev–Trinajstić information content (AvgIpc) is 2.55. The van der Waals surface area contributed by atoms with Crippen molar-refractivity contribution >= 4 is 23.6 Å². The van der Waals surface area contributed by atoms with E-state index in [-0.39, 0.29) is 36.6 Å². The minimum Gasteiger partial charge on any atom is -0.465 e. The molecule has 0 N–H and O–H groups in total. The highest BCUT2D eigenvalue weighted by molar-refractivity contribution is 6.37. The summed E-state index contributed by atoms with van der Waals surface area (Å²) in [5, 5.41) is 4.92. The van der Waals surface area contributed by atoms with Gasteiger partial charge in [0.15, 0.2) is 0 Å². The van der Waals surface area contributed by atoms with Crippen molar-refractivity contribution in [2.45, 2.75) is 19.4 Å². The second-order valence-electron chi connectivity index (χ2n) is 4.83. The molecule has 0 aromatic heterocycles. The number of hydrazone groups is 1. The Labute approximate surface area is 131 Å². The maximum atomic E-state index is 13.2. The Balaban J connectivity index is 2.09. The first-order valence-electron chi connectivity index (χ1n) is 6.80. The fourth-order valence-corrected chi connectivity index (χ4v) is 2.02. The molecule has 1 aliphatic heterocycles. The van der Waals surface area contributed by atoms with Crippen LogP contribution < -0.4 is 0 Å². The molecular formula is C15H15FN2O5. The van der Waals surface area contributed by atoms with Crippen LogP contribution in [0.1, 0.15) is 28.8 Å². The third-order valence-electron chi connectivity index (χ3n) is 3.28. The lowest BCUT2D eigenvalue weighted by Crippen LogP contribution is -2.32. The van der Waals surface area contributed by atoms with Gasteiger partial charge in [-0.1, -0.05) is 6.07 Å². The van der Waals surface area contributed by atoms with Gasteiger partial charge in [0, 0.05) is 25.5 Å². The van der Waals surface area contributed by atoms with Gasteiger partial charge in [-0.25, -0.2) is 19.0 Å². The number of carbonyl (C=O) groups is 3. The van der Waals surface area contributed by atoms with E-state index in [2.05, 4.69) is 9.84 Å². The van der Waals surface area contributed by atoms with Crippen molar-refractivity contribution in [1.29, 1.82) is 0 Å². The van der Waals surface area contributed by atoms with E-state index in [1.165, 1.54) is 20.2 Å². The predicted octanol–water partition coefficient (Wildman–Crippen LogP) is 1.26. The van der Waals surface area contributed by atoms with E-state index in [0.717, 1.165) is 17.1 Å². The fourth-order valence-electron chi connectivity index (χ4n) is 2.02. The maximum Gasteiger partial charge on any atom is 0.354 e. The van der Waals surface area contributed by atoms with E-state index >= 15 is 0 Å². The molecule has 1 amide bonds. The van der Waals surface area contributed by atoms with Gasteiger partial charge in [-0.15, -0.1) is 0 Å². The van der Waals surface area contributed by atoms with Gasteiger partial charge in [-0.2, -0.15) is 5.10 Å². The minimum absolute atomic E-state index is 0.0156. The highest BCUT2D eigenvalue weighted by Gasteiger charge is 2.23. The number of nitrogens with zero attached hydrogens (tertiary/aromatic N) is 2. The van der Waals surface area contributed by atoms with E-state index in [4.69, 9.17) is 4.74 Å². The quantitative estimate of drug-likeness (QED) is 0.779. The smallest absolute Gasteiger partial charge is 0.354 e. The molecule has 23 heavy (non-hydrogen) atoms. The van der Waals surface area contributed by atoms with E-state index < -0.39 is 17.8 Å². The van der Waals surface area contributed by atoms with Crippen LogP contribution in [-0.2, 0) is 25.7 Å². The first-order chi connectivity index (χ1) is 10.9. The van der Waals surface area contributed by atoms with E-state index in [1.54, 1.807) is 0 Å². The van der Waals surface area contributed by atoms with Crippen molar-refractivity contribution in [3.8, 4) is 0 Å². The number of halogens is 1. The zero-order valence-corrected chi connectivity index (χ0v) is 12.7. The summed E-state index contributed by atoms with van der Waals surface area (Å²) in [6, 6.07) is 3.51. The van der Waals surface area contributed by atoms with Gasteiger partial charge in [-0.05, 0) is 12.1 Å². The summed E-state index contributed by atoms with van der Waals surface area (Å²) in [5.41, 5.74) is 0.416. The summed E-state index contributed by atoms with van der Waals surface area (Å²) in [7, 11) is 2.62. The number of esters is 2. The number of carbonyl (C=O) groups excluding carboxylic acids is 3. The molecule has 122 valence electrons. The number of ether oxygens (including phenoxy) is 2. The van der Waals surface area contributed by atoms with Crippen molar-refractivity contribution in [3.63, 3.8) is 0 Å². The lowest BCUT2D eigenvalue weighted by Gasteiger charge is -2.18. The molecule has 0 atom stereocenters. The summed E-state index contributed by atoms with van der Waals surface area (Å²) in [6.45, 7) is -0.236. The number of methoxy groups -OCH3 is 1. The summed E-state index contributed by atoms with van der Waals surface area (Å²) in [6.07, 6.45) is 0.365. The Kier molecular flexibility index (Phi) is 5.05. The first-order valence-corrected chi connectivity index (χ1v) is 6.80. The molecule has 0 aliphatic carbocycles. The predicted molar refractivity (Wildman–Crippen MR) is 77.0 cm³/mol. The lowest BCUT2D eigenvalue weighted by molar-refractivity contribution is -0.137. The highest BCUT2D eigenvalue weighted by atomic mass is 19.1. The fraction of sp³-hybridized carbons (Fsp3) is 0.333. The minimum atomic E-state index is -0.726. The molecule has 1 heterocycles. The summed E-state index contributed by atoms with van der Waals surface area (Å²) >= 11 is 0. The first kappa shape index (κ1) is 16.6. The average molecular weight is 322 g/mol. The van der Waals surface area contributed by atoms with Crippen molar-refractivity contribution in [2.75, 3.05) is 14.2 Å². The zero-order valence-electron chi connectivity index (χ0n) is 12.7. The largest absolute Gasteiger partial charge is 0.465 e. The molecule has 7 nitrogen and oxygen atoms in total. The molecule has 0 spiro atoms. The molecule has 0 bridgehead atoms. The molecule has 0 unspecified atom stereocenters. The molecule has 1 aliphatic rings. The zero-order chi connectivity index (χ0) is 17.0. The Morgan fingerprint density at radius 3 is 2.70 bits per heavy atom. The molecule has 0 radical (unpaired) electrons. The van der Waals surface area contributed by atoms with Crippen LogP contribution in [0, 0.1) is 5.82 Å². The number of rotatable bonds is 4. The molecule has 0 saturated heterocycles. The van der Waals surface area contributed by atoms with Crippen LogP contribution in [0.15, 0.2) is 23.3 Å². The Hall–Kier alpha value is -2.77. The van der Waals surface area contributed by atoms with Crippen LogP contribution >= 0.6 is 0 Å². The van der Waals surface area contributed by atoms with Crippen LogP contribution in [0.4, 0.5) is 4.39 Å². The van der Waals surface area contributed by atoms with Crippen molar-refractivity contribution in [1.82, 2.24) is 5.01 Å². The van der Waals surface area contributed by atoms with Crippen LogP contribution in [0.25, 0.3) is 0 Å². The van der Waals surface area contributed by atoms with Crippen molar-refractivity contribution in [2.24, 2.45) is 5.10 Å². The van der Waals surface area contributed by atoms with E-state index in [1.807, 2.05) is 0 Å². The second kappa shape index (κ2) is 6.99. The summed E-state index contributed by atoms with van der Waals surface area (Å²) in [4.78, 5) is 34.9. The Morgan fingerprint density at radius 1 is 1.30 bits per heavy atom. The normalized spacial score (nSPS) is 14.3. The number of benzene rings is 1. The van der Waals surface area contributed by atoms with Gasteiger partial charge in [0.1, 0.15) is 18.1 Å². The highest BCUT2D eigenvalue weighted by Crippen LogP contribution is 2.15. The molecule has 1 aromatic carbocycles. The van der Waals surface area contributed by atoms with Crippen LogP contribution in [0.3, 0.4) is 0 Å². The van der Waals surface area contributed by atoms with E-state index in [9.17, 15) is 18.8 Å². The third-order valence-corrected chi connectivity index (χ3v) is 3.28. The van der Waals surface area contributed by atoms with Crippen LogP contribution in [0.2, 0.25) is 0 Å². The van der Waals surface area contributed by atoms with Crippen molar-refractivity contribution in [3.05, 3.63) is 35.1 Å². The summed E-state index contributed by atoms with van der Waals surface area (Å²) in [5.74, 6) is -2.20. The maximum absolute atomic E-state index is 13.2. The molecule has 1 aromatic rings. The van der Waals surface area contributed by atoms with E-state index in [0.29, 0.717) is 5.56 Å². The standard InChI is InChI=1S/C15H15FN2O5/c1-18-13(19)6-5-12(17-18)15(21)23-8-9-3-4-10(16)7-11(9)14(20)22-2/h3-4,7H,5-6,8H2,1-2H3. The molecular weight excluding hydrogens is 307 g/mol.